The molecule has 0 atom stereocenters. The Bertz CT molecular complexity index is 745. The Morgan fingerprint density at radius 2 is 1.93 bits per heavy atom. The minimum atomic E-state index is -0.469. The lowest BCUT2D eigenvalue weighted by Gasteiger charge is -2.32. The number of anilines is 1. The van der Waals surface area contributed by atoms with Crippen LogP contribution in [-0.4, -0.2) is 67.9 Å². The minimum absolute atomic E-state index is 0.0354. The molecule has 152 valence electrons. The second-order valence-electron chi connectivity index (χ2n) is 6.54. The summed E-state index contributed by atoms with van der Waals surface area (Å²) in [7, 11) is 2.92. The maximum absolute atomic E-state index is 12.2. The zero-order valence-corrected chi connectivity index (χ0v) is 15.9. The number of nitrogens with one attached hydrogen (secondary N) is 1. The summed E-state index contributed by atoms with van der Waals surface area (Å²) in [4.78, 5) is 49.2. The van der Waals surface area contributed by atoms with Crippen molar-refractivity contribution in [2.45, 2.75) is 12.8 Å². The molecule has 0 unspecified atom stereocenters. The molecule has 1 aliphatic heterocycles. The fourth-order valence-electron chi connectivity index (χ4n) is 2.99. The van der Waals surface area contributed by atoms with Gasteiger partial charge in [-0.2, -0.15) is 0 Å². The summed E-state index contributed by atoms with van der Waals surface area (Å²) in [6.45, 7) is 0.433. The van der Waals surface area contributed by atoms with Gasteiger partial charge in [0.2, 0.25) is 5.91 Å². The molecule has 0 aromatic heterocycles. The molecule has 1 aromatic rings. The van der Waals surface area contributed by atoms with Gasteiger partial charge in [0.1, 0.15) is 5.69 Å². The van der Waals surface area contributed by atoms with Gasteiger partial charge in [0.25, 0.3) is 11.6 Å². The number of para-hydroxylation sites is 2. The van der Waals surface area contributed by atoms with Crippen molar-refractivity contribution < 1.29 is 24.0 Å². The molecule has 1 heterocycles. The van der Waals surface area contributed by atoms with Crippen molar-refractivity contribution in [2.75, 3.05) is 45.2 Å². The van der Waals surface area contributed by atoms with E-state index in [1.807, 2.05) is 4.90 Å². The van der Waals surface area contributed by atoms with E-state index in [9.17, 15) is 24.5 Å². The molecule has 1 fully saturated rings. The summed E-state index contributed by atoms with van der Waals surface area (Å²) < 4.78 is 5.09. The van der Waals surface area contributed by atoms with Gasteiger partial charge in [0.15, 0.2) is 6.61 Å². The van der Waals surface area contributed by atoms with Crippen LogP contribution in [0.2, 0.25) is 0 Å². The molecular weight excluding hydrogens is 368 g/mol. The van der Waals surface area contributed by atoms with Gasteiger partial charge in [-0.3, -0.25) is 24.5 Å². The first-order valence-corrected chi connectivity index (χ1v) is 8.93. The maximum atomic E-state index is 12.2. The molecule has 28 heavy (non-hydrogen) atoms. The number of ether oxygens (including phenoxy) is 1. The Balaban J connectivity index is 1.83. The quantitative estimate of drug-likeness (QED) is 0.409. The first-order valence-electron chi connectivity index (χ1n) is 8.93. The Morgan fingerprint density at radius 3 is 2.54 bits per heavy atom. The van der Waals surface area contributed by atoms with Crippen LogP contribution in [0.3, 0.4) is 0 Å². The number of hydrogen-bond acceptors (Lipinski definition) is 7. The number of nitrogens with zero attached hydrogens (tertiary/aromatic N) is 3. The van der Waals surface area contributed by atoms with E-state index in [1.54, 1.807) is 18.2 Å². The highest BCUT2D eigenvalue weighted by molar-refractivity contribution is 5.86. The van der Waals surface area contributed by atoms with Crippen LogP contribution in [0.15, 0.2) is 24.3 Å². The van der Waals surface area contributed by atoms with Gasteiger partial charge < -0.3 is 19.9 Å². The Hall–Kier alpha value is -3.17. The highest BCUT2D eigenvalue weighted by Crippen LogP contribution is 2.31. The smallest absolute Gasteiger partial charge is 0.309 e. The molecule has 1 N–H and O–H groups in total. The average Bonchev–Trinajstić information content (AvgIpc) is 2.71. The second kappa shape index (κ2) is 9.67. The van der Waals surface area contributed by atoms with Gasteiger partial charge in [0, 0.05) is 33.3 Å². The Morgan fingerprint density at radius 1 is 1.29 bits per heavy atom. The van der Waals surface area contributed by atoms with Gasteiger partial charge in [-0.15, -0.1) is 0 Å². The first kappa shape index (κ1) is 21.1. The van der Waals surface area contributed by atoms with Gasteiger partial charge in [0.05, 0.1) is 17.4 Å². The van der Waals surface area contributed by atoms with Crippen LogP contribution in [0.4, 0.5) is 11.4 Å². The number of benzene rings is 1. The number of carbonyl (C=O) groups is 3. The summed E-state index contributed by atoms with van der Waals surface area (Å²) in [5.41, 5.74) is 0.568. The van der Waals surface area contributed by atoms with Crippen molar-refractivity contribution in [3.05, 3.63) is 34.4 Å². The van der Waals surface area contributed by atoms with E-state index >= 15 is 0 Å². The van der Waals surface area contributed by atoms with Crippen molar-refractivity contribution in [3.8, 4) is 0 Å². The number of rotatable bonds is 7. The minimum Gasteiger partial charge on any atom is -0.455 e. The SMILES string of the molecule is CNC(=O)CN(C)C(=O)COC(=O)C1CCN(c2ccccc2[N+](=O)[O-])CC1. The summed E-state index contributed by atoms with van der Waals surface area (Å²) in [5, 5.41) is 13.6. The zero-order valence-electron chi connectivity index (χ0n) is 15.9. The summed E-state index contributed by atoms with van der Waals surface area (Å²) in [6, 6.07) is 6.50. The number of hydrogen-bond donors (Lipinski definition) is 1. The molecular formula is C18H24N4O6. The first-order chi connectivity index (χ1) is 13.3. The molecule has 0 bridgehead atoms. The van der Waals surface area contributed by atoms with E-state index in [4.69, 9.17) is 4.74 Å². The third kappa shape index (κ3) is 5.41. The zero-order chi connectivity index (χ0) is 20.7. The number of nitro benzene ring substituents is 1. The normalized spacial score (nSPS) is 14.3. The van der Waals surface area contributed by atoms with Gasteiger partial charge in [-0.25, -0.2) is 0 Å². The molecule has 1 aromatic carbocycles. The van der Waals surface area contributed by atoms with E-state index in [0.717, 1.165) is 0 Å². The lowest BCUT2D eigenvalue weighted by molar-refractivity contribution is -0.384. The highest BCUT2D eigenvalue weighted by Gasteiger charge is 2.29. The van der Waals surface area contributed by atoms with E-state index in [0.29, 0.717) is 31.6 Å². The van der Waals surface area contributed by atoms with E-state index < -0.39 is 23.4 Å². The largest absolute Gasteiger partial charge is 0.455 e. The van der Waals surface area contributed by atoms with E-state index in [2.05, 4.69) is 5.32 Å². The third-order valence-electron chi connectivity index (χ3n) is 4.67. The predicted octanol–water partition coefficient (Wildman–Crippen LogP) is 0.559. The Kier molecular flexibility index (Phi) is 7.30. The van der Waals surface area contributed by atoms with Crippen molar-refractivity contribution in [2.24, 2.45) is 5.92 Å². The summed E-state index contributed by atoms with van der Waals surface area (Å²) in [5.74, 6) is -1.61. The molecule has 10 heteroatoms. The van der Waals surface area contributed by atoms with Crippen LogP contribution >= 0.6 is 0 Å². The predicted molar refractivity (Wildman–Crippen MR) is 101 cm³/mol. The highest BCUT2D eigenvalue weighted by atomic mass is 16.6. The van der Waals surface area contributed by atoms with E-state index in [1.165, 1.54) is 25.1 Å². The molecule has 0 saturated carbocycles. The third-order valence-corrected chi connectivity index (χ3v) is 4.67. The lowest BCUT2D eigenvalue weighted by Crippen LogP contribution is -2.40. The number of likely N-dealkylation sites (N-methyl/N-ethyl adjacent to an activating group) is 2. The number of nitro groups is 1. The monoisotopic (exact) mass is 392 g/mol. The fourth-order valence-corrected chi connectivity index (χ4v) is 2.99. The lowest BCUT2D eigenvalue weighted by atomic mass is 9.96. The summed E-state index contributed by atoms with van der Waals surface area (Å²) >= 11 is 0. The van der Waals surface area contributed by atoms with Gasteiger partial charge in [-0.05, 0) is 18.9 Å². The molecule has 2 rings (SSSR count). The number of esters is 1. The molecule has 1 saturated heterocycles. The van der Waals surface area contributed by atoms with Crippen molar-refractivity contribution >= 4 is 29.2 Å². The van der Waals surface area contributed by atoms with Crippen LogP contribution in [0, 0.1) is 16.0 Å². The topological polar surface area (TPSA) is 122 Å². The van der Waals surface area contributed by atoms with Crippen LogP contribution < -0.4 is 10.2 Å². The van der Waals surface area contributed by atoms with Crippen LogP contribution in [-0.2, 0) is 19.1 Å². The fraction of sp³-hybridized carbons (Fsp3) is 0.500. The van der Waals surface area contributed by atoms with Crippen LogP contribution in [0.1, 0.15) is 12.8 Å². The second-order valence-corrected chi connectivity index (χ2v) is 6.54. The molecule has 0 radical (unpaired) electrons. The Labute approximate surface area is 162 Å². The average molecular weight is 392 g/mol. The van der Waals surface area contributed by atoms with Crippen LogP contribution in [0.25, 0.3) is 0 Å². The number of piperidine rings is 1. The van der Waals surface area contributed by atoms with Crippen molar-refractivity contribution in [1.29, 1.82) is 0 Å². The van der Waals surface area contributed by atoms with E-state index in [-0.39, 0.29) is 24.1 Å². The van der Waals surface area contributed by atoms with Crippen LogP contribution in [0.5, 0.6) is 0 Å². The number of carbonyl (C=O) groups excluding carboxylic acids is 3. The molecule has 0 aliphatic carbocycles. The summed E-state index contributed by atoms with van der Waals surface area (Å²) in [6.07, 6.45) is 0.959. The molecule has 10 nitrogen and oxygen atoms in total. The van der Waals surface area contributed by atoms with Gasteiger partial charge in [-0.1, -0.05) is 12.1 Å². The molecule has 2 amide bonds. The standard InChI is InChI=1S/C18H24N4O6/c1-19-16(23)11-20(2)17(24)12-28-18(25)13-7-9-21(10-8-13)14-5-3-4-6-15(14)22(26)27/h3-6,13H,7-12H2,1-2H3,(H,19,23). The van der Waals surface area contributed by atoms with Crippen molar-refractivity contribution in [3.63, 3.8) is 0 Å². The number of amides is 2. The van der Waals surface area contributed by atoms with Crippen molar-refractivity contribution in [1.82, 2.24) is 10.2 Å². The maximum Gasteiger partial charge on any atom is 0.309 e. The molecule has 1 aliphatic rings. The molecule has 0 spiro atoms. The van der Waals surface area contributed by atoms with Gasteiger partial charge >= 0.3 is 5.97 Å².